The van der Waals surface area contributed by atoms with E-state index in [1.165, 1.54) is 38.2 Å². The van der Waals surface area contributed by atoms with Gasteiger partial charge in [-0.05, 0) is 32.0 Å². The first-order chi connectivity index (χ1) is 13.6. The number of pyridine rings is 1. The zero-order chi connectivity index (χ0) is 21.4. The van der Waals surface area contributed by atoms with Crippen molar-refractivity contribution in [1.82, 2.24) is 8.96 Å². The standard InChI is InChI=1S/C18H18N4O6S/c1-18(2,17(23)24)11-20-15-13-8-9-21(16(13)19-10-14(15)22(25)26)29(27,28)12-6-4-3-5-7-12/h3-10H,11H2,1-2H3,(H,19,20)(H,23,24). The van der Waals surface area contributed by atoms with E-state index in [0.717, 1.165) is 10.2 Å². The van der Waals surface area contributed by atoms with Gasteiger partial charge in [-0.1, -0.05) is 18.2 Å². The fourth-order valence-electron chi connectivity index (χ4n) is 2.66. The Bertz CT molecular complexity index is 1200. The number of anilines is 1. The predicted molar refractivity (Wildman–Crippen MR) is 105 cm³/mol. The average Bonchev–Trinajstić information content (AvgIpc) is 3.11. The van der Waals surface area contributed by atoms with Gasteiger partial charge in [0.05, 0.1) is 20.6 Å². The Kier molecular flexibility index (Phi) is 5.01. The molecular weight excluding hydrogens is 400 g/mol. The smallest absolute Gasteiger partial charge is 0.311 e. The maximum atomic E-state index is 12.9. The summed E-state index contributed by atoms with van der Waals surface area (Å²) in [5.74, 6) is -1.08. The Balaban J connectivity index is 2.15. The number of rotatable bonds is 7. The molecule has 0 aliphatic rings. The van der Waals surface area contributed by atoms with Crippen LogP contribution in [-0.2, 0) is 14.8 Å². The average molecular weight is 418 g/mol. The van der Waals surface area contributed by atoms with E-state index in [0.29, 0.717) is 0 Å². The van der Waals surface area contributed by atoms with Gasteiger partial charge in [-0.25, -0.2) is 17.4 Å². The van der Waals surface area contributed by atoms with Gasteiger partial charge in [-0.2, -0.15) is 0 Å². The summed E-state index contributed by atoms with van der Waals surface area (Å²) in [7, 11) is -3.97. The molecule has 0 saturated carbocycles. The molecule has 10 nitrogen and oxygen atoms in total. The Morgan fingerprint density at radius 3 is 2.52 bits per heavy atom. The molecule has 0 saturated heterocycles. The molecule has 11 heteroatoms. The molecule has 0 radical (unpaired) electrons. The highest BCUT2D eigenvalue weighted by Crippen LogP contribution is 2.34. The van der Waals surface area contributed by atoms with Crippen molar-refractivity contribution in [2.24, 2.45) is 5.41 Å². The van der Waals surface area contributed by atoms with Crippen LogP contribution < -0.4 is 5.32 Å². The van der Waals surface area contributed by atoms with E-state index in [4.69, 9.17) is 0 Å². The number of nitro groups is 1. The van der Waals surface area contributed by atoms with Crippen LogP contribution in [-0.4, -0.2) is 39.9 Å². The van der Waals surface area contributed by atoms with Gasteiger partial charge in [0.2, 0.25) is 0 Å². The number of carboxylic acid groups (broad SMARTS) is 1. The first-order valence-electron chi connectivity index (χ1n) is 8.48. The van der Waals surface area contributed by atoms with Crippen LogP contribution in [0.3, 0.4) is 0 Å². The fraction of sp³-hybridized carbons (Fsp3) is 0.222. The molecule has 3 rings (SSSR count). The van der Waals surface area contributed by atoms with Gasteiger partial charge in [-0.3, -0.25) is 14.9 Å². The summed E-state index contributed by atoms with van der Waals surface area (Å²) in [5.41, 5.74) is -1.58. The van der Waals surface area contributed by atoms with Crippen molar-refractivity contribution in [2.75, 3.05) is 11.9 Å². The van der Waals surface area contributed by atoms with Gasteiger partial charge in [0.1, 0.15) is 11.9 Å². The quantitative estimate of drug-likeness (QED) is 0.440. The highest BCUT2D eigenvalue weighted by Gasteiger charge is 2.30. The Labute approximate surface area is 166 Å². The molecule has 0 atom stereocenters. The number of benzene rings is 1. The third-order valence-corrected chi connectivity index (χ3v) is 6.12. The monoisotopic (exact) mass is 418 g/mol. The number of aliphatic carboxylic acids is 1. The van der Waals surface area contributed by atoms with Crippen molar-refractivity contribution in [2.45, 2.75) is 18.7 Å². The van der Waals surface area contributed by atoms with E-state index < -0.39 is 26.3 Å². The lowest BCUT2D eigenvalue weighted by atomic mass is 9.94. The minimum atomic E-state index is -3.97. The molecule has 152 valence electrons. The molecule has 0 bridgehead atoms. The number of hydrogen-bond acceptors (Lipinski definition) is 7. The summed E-state index contributed by atoms with van der Waals surface area (Å²) in [4.78, 5) is 26.1. The molecule has 1 aromatic carbocycles. The second-order valence-electron chi connectivity index (χ2n) is 6.99. The summed E-state index contributed by atoms with van der Waals surface area (Å²) in [6.07, 6.45) is 2.21. The van der Waals surface area contributed by atoms with Crippen molar-refractivity contribution in [3.63, 3.8) is 0 Å². The molecular formula is C18H18N4O6S. The van der Waals surface area contributed by atoms with Gasteiger partial charge in [0.15, 0.2) is 5.65 Å². The van der Waals surface area contributed by atoms with Crippen LogP contribution in [0, 0.1) is 15.5 Å². The Morgan fingerprint density at radius 1 is 1.28 bits per heavy atom. The van der Waals surface area contributed by atoms with Crippen LogP contribution in [0.1, 0.15) is 13.8 Å². The molecule has 2 N–H and O–H groups in total. The molecule has 0 aliphatic carbocycles. The van der Waals surface area contributed by atoms with Crippen molar-refractivity contribution >= 4 is 38.4 Å². The molecule has 0 fully saturated rings. The van der Waals surface area contributed by atoms with Crippen molar-refractivity contribution in [3.05, 3.63) is 58.9 Å². The lowest BCUT2D eigenvalue weighted by Crippen LogP contribution is -2.32. The number of fused-ring (bicyclic) bond motifs is 1. The third kappa shape index (κ3) is 3.63. The number of nitrogens with one attached hydrogen (secondary N) is 1. The van der Waals surface area contributed by atoms with Gasteiger partial charge >= 0.3 is 11.7 Å². The summed E-state index contributed by atoms with van der Waals surface area (Å²) in [5, 5.41) is 23.7. The number of carboxylic acids is 1. The van der Waals surface area contributed by atoms with Crippen LogP contribution in [0.2, 0.25) is 0 Å². The topological polar surface area (TPSA) is 144 Å². The highest BCUT2D eigenvalue weighted by atomic mass is 32.2. The molecule has 3 aromatic rings. The van der Waals surface area contributed by atoms with Gasteiger partial charge < -0.3 is 10.4 Å². The molecule has 0 unspecified atom stereocenters. The zero-order valence-electron chi connectivity index (χ0n) is 15.6. The normalized spacial score (nSPS) is 12.1. The third-order valence-electron chi connectivity index (χ3n) is 4.44. The number of hydrogen-bond donors (Lipinski definition) is 2. The highest BCUT2D eigenvalue weighted by molar-refractivity contribution is 7.90. The van der Waals surface area contributed by atoms with E-state index in [2.05, 4.69) is 10.3 Å². The van der Waals surface area contributed by atoms with E-state index >= 15 is 0 Å². The molecule has 0 spiro atoms. The molecule has 0 amide bonds. The number of nitrogens with zero attached hydrogens (tertiary/aromatic N) is 3. The second-order valence-corrected chi connectivity index (χ2v) is 8.80. The molecule has 29 heavy (non-hydrogen) atoms. The summed E-state index contributed by atoms with van der Waals surface area (Å²) in [6, 6.07) is 9.10. The van der Waals surface area contributed by atoms with Crippen molar-refractivity contribution in [3.8, 4) is 0 Å². The largest absolute Gasteiger partial charge is 0.481 e. The van der Waals surface area contributed by atoms with E-state index in [1.807, 2.05) is 0 Å². The van der Waals surface area contributed by atoms with E-state index in [9.17, 15) is 28.4 Å². The summed E-state index contributed by atoms with van der Waals surface area (Å²) < 4.78 is 26.8. The molecule has 2 heterocycles. The van der Waals surface area contributed by atoms with Crippen molar-refractivity contribution < 1.29 is 23.2 Å². The zero-order valence-corrected chi connectivity index (χ0v) is 16.4. The van der Waals surface area contributed by atoms with Crippen LogP contribution in [0.5, 0.6) is 0 Å². The van der Waals surface area contributed by atoms with Gasteiger partial charge in [0, 0.05) is 12.7 Å². The van der Waals surface area contributed by atoms with Crippen LogP contribution >= 0.6 is 0 Å². The van der Waals surface area contributed by atoms with Crippen LogP contribution in [0.4, 0.5) is 11.4 Å². The number of carbonyl (C=O) groups is 1. The lowest BCUT2D eigenvalue weighted by molar-refractivity contribution is -0.384. The van der Waals surface area contributed by atoms with Crippen LogP contribution in [0.25, 0.3) is 11.0 Å². The maximum absolute atomic E-state index is 12.9. The summed E-state index contributed by atoms with van der Waals surface area (Å²) in [6.45, 7) is 2.83. The predicted octanol–water partition coefficient (Wildman–Crippen LogP) is 2.70. The van der Waals surface area contributed by atoms with E-state index in [-0.39, 0.29) is 33.8 Å². The second kappa shape index (κ2) is 7.17. The first kappa shape index (κ1) is 20.3. The first-order valence-corrected chi connectivity index (χ1v) is 9.92. The molecule has 2 aromatic heterocycles. The fourth-order valence-corrected chi connectivity index (χ4v) is 3.98. The van der Waals surface area contributed by atoms with Crippen molar-refractivity contribution in [1.29, 1.82) is 0 Å². The number of aromatic nitrogens is 2. The van der Waals surface area contributed by atoms with Gasteiger partial charge in [-0.15, -0.1) is 0 Å². The minimum absolute atomic E-state index is 0.00455. The lowest BCUT2D eigenvalue weighted by Gasteiger charge is -2.20. The Hall–Kier alpha value is -3.47. The minimum Gasteiger partial charge on any atom is -0.481 e. The summed E-state index contributed by atoms with van der Waals surface area (Å²) >= 11 is 0. The SMILES string of the molecule is CC(C)(CNc1c([N+](=O)[O-])cnc2c1ccn2S(=O)(=O)c1ccccc1)C(=O)O. The maximum Gasteiger partial charge on any atom is 0.311 e. The van der Waals surface area contributed by atoms with E-state index in [1.54, 1.807) is 18.2 Å². The Morgan fingerprint density at radius 2 is 1.93 bits per heavy atom. The van der Waals surface area contributed by atoms with Gasteiger partial charge in [0.25, 0.3) is 10.0 Å². The molecule has 0 aliphatic heterocycles. The van der Waals surface area contributed by atoms with Crippen LogP contribution in [0.15, 0.2) is 53.7 Å².